The lowest BCUT2D eigenvalue weighted by Gasteiger charge is -2.31. The van der Waals surface area contributed by atoms with Crippen molar-refractivity contribution < 1.29 is 0 Å². The second-order valence-corrected chi connectivity index (χ2v) is 13.8. The van der Waals surface area contributed by atoms with Crippen LogP contribution < -0.4 is 0 Å². The third-order valence-corrected chi connectivity index (χ3v) is 11.0. The summed E-state index contributed by atoms with van der Waals surface area (Å²) in [4.78, 5) is 10.4. The summed E-state index contributed by atoms with van der Waals surface area (Å²) in [6, 6.07) is 58.8. The van der Waals surface area contributed by atoms with Crippen LogP contribution in [0.15, 0.2) is 188 Å². The van der Waals surface area contributed by atoms with Gasteiger partial charge < -0.3 is 0 Å². The van der Waals surface area contributed by atoms with Gasteiger partial charge in [-0.25, -0.2) is 9.97 Å². The molecular weight excluding hydrogens is 629 g/mol. The third-order valence-electron chi connectivity index (χ3n) is 11.0. The molecule has 0 N–H and O–H groups in total. The first kappa shape index (κ1) is 30.2. The lowest BCUT2D eigenvalue weighted by Crippen LogP contribution is -2.26. The first-order chi connectivity index (χ1) is 25.6. The molecule has 0 aliphatic heterocycles. The van der Waals surface area contributed by atoms with Gasteiger partial charge in [0.25, 0.3) is 0 Å². The molecule has 2 aliphatic rings. The molecule has 2 nitrogen and oxygen atoms in total. The van der Waals surface area contributed by atoms with Gasteiger partial charge >= 0.3 is 0 Å². The first-order valence-electron chi connectivity index (χ1n) is 17.9. The van der Waals surface area contributed by atoms with E-state index in [9.17, 15) is 0 Å². The summed E-state index contributed by atoms with van der Waals surface area (Å²) < 4.78 is 0. The number of allylic oxidation sites excluding steroid dienone is 5. The number of fused-ring (bicyclic) bond motifs is 9. The topological polar surface area (TPSA) is 25.8 Å². The Hall–Kier alpha value is -6.64. The van der Waals surface area contributed by atoms with E-state index in [1.807, 2.05) is 6.07 Å². The van der Waals surface area contributed by atoms with Crippen molar-refractivity contribution in [2.45, 2.75) is 12.3 Å². The van der Waals surface area contributed by atoms with Gasteiger partial charge in [0, 0.05) is 10.9 Å². The molecule has 2 heteroatoms. The molecule has 52 heavy (non-hydrogen) atoms. The average Bonchev–Trinajstić information content (AvgIpc) is 3.65. The second kappa shape index (κ2) is 11.7. The van der Waals surface area contributed by atoms with Crippen molar-refractivity contribution in [3.63, 3.8) is 0 Å². The molecule has 0 amide bonds. The lowest BCUT2D eigenvalue weighted by atomic mass is 9.69. The van der Waals surface area contributed by atoms with E-state index in [1.54, 1.807) is 0 Å². The van der Waals surface area contributed by atoms with Crippen molar-refractivity contribution in [3.8, 4) is 33.5 Å². The van der Waals surface area contributed by atoms with E-state index < -0.39 is 5.41 Å². The number of hydrogen-bond acceptors (Lipinski definition) is 2. The number of aromatic nitrogens is 2. The SMILES string of the molecule is C=CC1=C(/C=C(\C)c2nc(-c3ccc(-c4ccccc4)cc3)c3ccccc3n2)c2ccccc2C12c1ccccc1-c1cc3ccccc3cc12. The second-order valence-electron chi connectivity index (χ2n) is 13.8. The fourth-order valence-electron chi connectivity index (χ4n) is 8.70. The molecule has 1 unspecified atom stereocenters. The quantitative estimate of drug-likeness (QED) is 0.183. The van der Waals surface area contributed by atoms with Crippen LogP contribution in [0.3, 0.4) is 0 Å². The summed E-state index contributed by atoms with van der Waals surface area (Å²) in [7, 11) is 0. The van der Waals surface area contributed by atoms with Crippen LogP contribution in [-0.2, 0) is 5.41 Å². The highest BCUT2D eigenvalue weighted by Gasteiger charge is 2.51. The number of hydrogen-bond donors (Lipinski definition) is 0. The fraction of sp³-hybridized carbons (Fsp3) is 0.0400. The van der Waals surface area contributed by atoms with Crippen molar-refractivity contribution in [1.29, 1.82) is 0 Å². The number of para-hydroxylation sites is 1. The van der Waals surface area contributed by atoms with Crippen LogP contribution in [0.2, 0.25) is 0 Å². The molecule has 2 aliphatic carbocycles. The standard InChI is InChI=1S/C50H34N2/c1-3-43-41(29-32(2)49-51-47-24-14-11-21-40(47)48(52-49)35-27-25-34(26-28-35)33-15-5-4-6-16-33)38-19-9-12-22-44(38)50(43)45-23-13-10-20-39(45)42-30-36-17-7-8-18-37(36)31-46(42)50/h3-31H,1H2,2H3/b32-29+. The Morgan fingerprint density at radius 1 is 0.538 bits per heavy atom. The zero-order valence-corrected chi connectivity index (χ0v) is 28.8. The molecule has 8 aromatic rings. The zero-order valence-electron chi connectivity index (χ0n) is 28.8. The van der Waals surface area contributed by atoms with E-state index in [0.717, 1.165) is 33.3 Å². The molecule has 1 heterocycles. The lowest BCUT2D eigenvalue weighted by molar-refractivity contribution is 0.788. The van der Waals surface area contributed by atoms with Crippen LogP contribution in [-0.4, -0.2) is 9.97 Å². The van der Waals surface area contributed by atoms with Crippen LogP contribution in [0, 0.1) is 0 Å². The van der Waals surface area contributed by atoms with Crippen molar-refractivity contribution in [2.24, 2.45) is 0 Å². The molecule has 0 saturated heterocycles. The first-order valence-corrected chi connectivity index (χ1v) is 17.9. The van der Waals surface area contributed by atoms with Gasteiger partial charge in [-0.15, -0.1) is 0 Å². The highest BCUT2D eigenvalue weighted by atomic mass is 14.9. The van der Waals surface area contributed by atoms with E-state index >= 15 is 0 Å². The van der Waals surface area contributed by atoms with Crippen molar-refractivity contribution in [1.82, 2.24) is 9.97 Å². The van der Waals surface area contributed by atoms with Gasteiger partial charge in [-0.2, -0.15) is 0 Å². The average molecular weight is 663 g/mol. The van der Waals surface area contributed by atoms with Crippen LogP contribution in [0.1, 0.15) is 35.0 Å². The molecular formula is C50H34N2. The van der Waals surface area contributed by atoms with Gasteiger partial charge in [-0.05, 0) is 103 Å². The van der Waals surface area contributed by atoms with Gasteiger partial charge in [0.15, 0.2) is 5.82 Å². The molecule has 0 bridgehead atoms. The Kier molecular flexibility index (Phi) is 6.81. The fourth-order valence-corrected chi connectivity index (χ4v) is 8.70. The monoisotopic (exact) mass is 662 g/mol. The van der Waals surface area contributed by atoms with Gasteiger partial charge in [0.1, 0.15) is 0 Å². The smallest absolute Gasteiger partial charge is 0.156 e. The van der Waals surface area contributed by atoms with Crippen LogP contribution in [0.4, 0.5) is 0 Å². The van der Waals surface area contributed by atoms with Gasteiger partial charge in [-0.1, -0.05) is 158 Å². The maximum atomic E-state index is 5.29. The maximum Gasteiger partial charge on any atom is 0.156 e. The summed E-state index contributed by atoms with van der Waals surface area (Å²) in [5, 5.41) is 3.52. The van der Waals surface area contributed by atoms with Crippen molar-refractivity contribution in [2.75, 3.05) is 0 Å². The zero-order chi connectivity index (χ0) is 34.8. The Morgan fingerprint density at radius 2 is 1.13 bits per heavy atom. The predicted molar refractivity (Wildman–Crippen MR) is 217 cm³/mol. The summed E-state index contributed by atoms with van der Waals surface area (Å²) in [6.45, 7) is 6.63. The Bertz CT molecular complexity index is 2800. The van der Waals surface area contributed by atoms with Gasteiger partial charge in [0.05, 0.1) is 16.6 Å². The molecule has 244 valence electrons. The summed E-state index contributed by atoms with van der Waals surface area (Å²) >= 11 is 0. The maximum absolute atomic E-state index is 5.29. The van der Waals surface area contributed by atoms with Crippen LogP contribution in [0.5, 0.6) is 0 Å². The Morgan fingerprint density at radius 3 is 1.90 bits per heavy atom. The molecule has 10 rings (SSSR count). The normalized spacial score (nSPS) is 16.0. The van der Waals surface area contributed by atoms with Gasteiger partial charge in [0.2, 0.25) is 0 Å². The highest BCUT2D eigenvalue weighted by Crippen LogP contribution is 2.62. The Balaban J connectivity index is 1.17. The molecule has 7 aromatic carbocycles. The minimum atomic E-state index is -0.490. The Labute approximate surface area is 303 Å². The number of rotatable bonds is 5. The van der Waals surface area contributed by atoms with E-state index in [2.05, 4.69) is 183 Å². The van der Waals surface area contributed by atoms with E-state index in [-0.39, 0.29) is 0 Å². The molecule has 1 aromatic heterocycles. The number of benzene rings is 7. The largest absolute Gasteiger partial charge is 0.228 e. The molecule has 0 radical (unpaired) electrons. The molecule has 1 spiro atoms. The van der Waals surface area contributed by atoms with E-state index in [4.69, 9.17) is 9.97 Å². The van der Waals surface area contributed by atoms with Gasteiger partial charge in [-0.3, -0.25) is 0 Å². The summed E-state index contributed by atoms with van der Waals surface area (Å²) in [5.41, 5.74) is 15.8. The van der Waals surface area contributed by atoms with Crippen molar-refractivity contribution >= 4 is 32.8 Å². The minimum absolute atomic E-state index is 0.490. The molecule has 0 saturated carbocycles. The van der Waals surface area contributed by atoms with Crippen LogP contribution >= 0.6 is 0 Å². The van der Waals surface area contributed by atoms with E-state index in [1.165, 1.54) is 60.9 Å². The predicted octanol–water partition coefficient (Wildman–Crippen LogP) is 12.5. The molecule has 0 fully saturated rings. The van der Waals surface area contributed by atoms with Crippen molar-refractivity contribution in [3.05, 3.63) is 216 Å². The highest BCUT2D eigenvalue weighted by molar-refractivity contribution is 6.03. The third kappa shape index (κ3) is 4.37. The summed E-state index contributed by atoms with van der Waals surface area (Å²) in [6.07, 6.45) is 4.37. The number of nitrogens with zero attached hydrogens (tertiary/aromatic N) is 2. The summed E-state index contributed by atoms with van der Waals surface area (Å²) in [5.74, 6) is 0.716. The van der Waals surface area contributed by atoms with E-state index in [0.29, 0.717) is 5.82 Å². The minimum Gasteiger partial charge on any atom is -0.228 e. The van der Waals surface area contributed by atoms with Crippen LogP contribution in [0.25, 0.3) is 66.3 Å². The molecule has 1 atom stereocenters.